The number of rotatable bonds is 6. The van der Waals surface area contributed by atoms with Gasteiger partial charge in [-0.15, -0.1) is 0 Å². The van der Waals surface area contributed by atoms with Crippen molar-refractivity contribution in [3.8, 4) is 5.75 Å². The Labute approximate surface area is 134 Å². The number of halogens is 1. The van der Waals surface area contributed by atoms with Gasteiger partial charge in [0.2, 0.25) is 5.95 Å². The maximum absolute atomic E-state index is 5.41. The summed E-state index contributed by atoms with van der Waals surface area (Å²) in [6.07, 6.45) is 4.58. The number of alkyl halides is 1. The predicted molar refractivity (Wildman–Crippen MR) is 89.2 cm³/mol. The molecule has 0 aliphatic rings. The second kappa shape index (κ2) is 7.41. The van der Waals surface area contributed by atoms with Crippen molar-refractivity contribution in [3.05, 3.63) is 47.8 Å². The van der Waals surface area contributed by atoms with Gasteiger partial charge < -0.3 is 9.64 Å². The summed E-state index contributed by atoms with van der Waals surface area (Å²) in [5.41, 5.74) is 2.26. The molecule has 0 saturated carbocycles. The van der Waals surface area contributed by atoms with Gasteiger partial charge in [-0.2, -0.15) is 0 Å². The minimum atomic E-state index is 0.274. The minimum absolute atomic E-state index is 0.274. The van der Waals surface area contributed by atoms with Crippen LogP contribution in [0.25, 0.3) is 0 Å². The fourth-order valence-electron chi connectivity index (χ4n) is 2.12. The van der Waals surface area contributed by atoms with Gasteiger partial charge in [0.15, 0.2) is 0 Å². The monoisotopic (exact) mass is 349 g/mol. The number of para-hydroxylation sites is 1. The van der Waals surface area contributed by atoms with Gasteiger partial charge in [0.1, 0.15) is 5.75 Å². The number of benzene rings is 1. The molecule has 0 amide bonds. The van der Waals surface area contributed by atoms with E-state index in [0.717, 1.165) is 29.0 Å². The summed E-state index contributed by atoms with van der Waals surface area (Å²) in [6, 6.07) is 8.38. The number of nitrogens with zero attached hydrogens (tertiary/aromatic N) is 3. The maximum atomic E-state index is 5.41. The van der Waals surface area contributed by atoms with Crippen molar-refractivity contribution in [3.63, 3.8) is 0 Å². The lowest BCUT2D eigenvalue weighted by Gasteiger charge is -2.25. The molecule has 1 unspecified atom stereocenters. The highest BCUT2D eigenvalue weighted by Gasteiger charge is 2.15. The molecule has 0 aliphatic heterocycles. The summed E-state index contributed by atoms with van der Waals surface area (Å²) in [6.45, 7) is 2.16. The van der Waals surface area contributed by atoms with E-state index >= 15 is 0 Å². The highest BCUT2D eigenvalue weighted by Crippen LogP contribution is 2.21. The summed E-state index contributed by atoms with van der Waals surface area (Å²) in [5, 5.41) is 0.772. The highest BCUT2D eigenvalue weighted by atomic mass is 79.9. The molecule has 112 valence electrons. The molecular formula is C16H20BrN3O. The zero-order valence-corrected chi connectivity index (χ0v) is 14.2. The number of anilines is 1. The lowest BCUT2D eigenvalue weighted by atomic mass is 10.1. The number of hydrogen-bond donors (Lipinski definition) is 0. The molecule has 4 nitrogen and oxygen atoms in total. The standard InChI is InChI=1S/C16H20BrN3O/c1-12(8-14-6-4-5-7-15(14)21-3)20(2)16-18-10-13(9-17)11-19-16/h4-7,10-12H,8-9H2,1-3H3. The first-order valence-corrected chi connectivity index (χ1v) is 7.99. The van der Waals surface area contributed by atoms with Crippen LogP contribution in [-0.2, 0) is 11.8 Å². The summed E-state index contributed by atoms with van der Waals surface area (Å²) < 4.78 is 5.41. The van der Waals surface area contributed by atoms with Crippen LogP contribution in [0.15, 0.2) is 36.7 Å². The fraction of sp³-hybridized carbons (Fsp3) is 0.375. The van der Waals surface area contributed by atoms with Crippen molar-refractivity contribution in [1.29, 1.82) is 0 Å². The van der Waals surface area contributed by atoms with Gasteiger partial charge in [-0.1, -0.05) is 34.1 Å². The Morgan fingerprint density at radius 1 is 1.24 bits per heavy atom. The summed E-state index contributed by atoms with van der Waals surface area (Å²) in [7, 11) is 3.72. The van der Waals surface area contributed by atoms with Crippen LogP contribution in [0, 0.1) is 0 Å². The van der Waals surface area contributed by atoms with E-state index < -0.39 is 0 Å². The van der Waals surface area contributed by atoms with Crippen LogP contribution in [0.2, 0.25) is 0 Å². The zero-order chi connectivity index (χ0) is 15.2. The molecule has 0 N–H and O–H groups in total. The van der Waals surface area contributed by atoms with Crippen molar-refractivity contribution in [2.24, 2.45) is 0 Å². The van der Waals surface area contributed by atoms with Crippen LogP contribution in [0.3, 0.4) is 0 Å². The summed E-state index contributed by atoms with van der Waals surface area (Å²) in [5.74, 6) is 1.66. The summed E-state index contributed by atoms with van der Waals surface area (Å²) >= 11 is 3.40. The van der Waals surface area contributed by atoms with E-state index in [4.69, 9.17) is 4.74 Å². The van der Waals surface area contributed by atoms with Gasteiger partial charge in [-0.05, 0) is 30.5 Å². The van der Waals surface area contributed by atoms with Crippen LogP contribution < -0.4 is 9.64 Å². The molecule has 0 bridgehead atoms. The number of aromatic nitrogens is 2. The SMILES string of the molecule is COc1ccccc1CC(C)N(C)c1ncc(CBr)cn1. The normalized spacial score (nSPS) is 12.0. The largest absolute Gasteiger partial charge is 0.496 e. The molecule has 1 atom stereocenters. The Morgan fingerprint density at radius 3 is 2.52 bits per heavy atom. The van der Waals surface area contributed by atoms with Gasteiger partial charge in [0.25, 0.3) is 0 Å². The predicted octanol–water partition coefficient (Wildman–Crippen LogP) is 3.45. The molecule has 2 rings (SSSR count). The molecule has 0 radical (unpaired) electrons. The van der Waals surface area contributed by atoms with Crippen molar-refractivity contribution < 1.29 is 4.74 Å². The molecule has 1 heterocycles. The second-order valence-electron chi connectivity index (χ2n) is 5.00. The van der Waals surface area contributed by atoms with Crippen LogP contribution in [-0.4, -0.2) is 30.2 Å². The maximum Gasteiger partial charge on any atom is 0.225 e. The topological polar surface area (TPSA) is 38.2 Å². The first-order valence-electron chi connectivity index (χ1n) is 6.87. The number of ether oxygens (including phenoxy) is 1. The Morgan fingerprint density at radius 2 is 1.90 bits per heavy atom. The van der Waals surface area contributed by atoms with Crippen molar-refractivity contribution in [1.82, 2.24) is 9.97 Å². The van der Waals surface area contributed by atoms with E-state index in [1.807, 2.05) is 37.6 Å². The lowest BCUT2D eigenvalue weighted by molar-refractivity contribution is 0.408. The molecule has 0 fully saturated rings. The third-order valence-electron chi connectivity index (χ3n) is 3.53. The number of hydrogen-bond acceptors (Lipinski definition) is 4. The van der Waals surface area contributed by atoms with Crippen molar-refractivity contribution >= 4 is 21.9 Å². The Balaban J connectivity index is 2.09. The smallest absolute Gasteiger partial charge is 0.225 e. The Hall–Kier alpha value is -1.62. The highest BCUT2D eigenvalue weighted by molar-refractivity contribution is 9.08. The average molecular weight is 350 g/mol. The third-order valence-corrected chi connectivity index (χ3v) is 4.18. The molecular weight excluding hydrogens is 330 g/mol. The number of methoxy groups -OCH3 is 1. The van der Waals surface area contributed by atoms with Gasteiger partial charge in [0, 0.05) is 30.8 Å². The van der Waals surface area contributed by atoms with Crippen molar-refractivity contribution in [2.45, 2.75) is 24.7 Å². The molecule has 21 heavy (non-hydrogen) atoms. The molecule has 5 heteroatoms. The van der Waals surface area contributed by atoms with E-state index in [1.165, 1.54) is 5.56 Å². The molecule has 0 aliphatic carbocycles. The zero-order valence-electron chi connectivity index (χ0n) is 12.6. The third kappa shape index (κ3) is 3.94. The van der Waals surface area contributed by atoms with E-state index in [2.05, 4.69) is 43.8 Å². The van der Waals surface area contributed by atoms with Gasteiger partial charge in [-0.25, -0.2) is 9.97 Å². The van der Waals surface area contributed by atoms with Crippen LogP contribution in [0.4, 0.5) is 5.95 Å². The fourth-order valence-corrected chi connectivity index (χ4v) is 2.41. The lowest BCUT2D eigenvalue weighted by Crippen LogP contribution is -2.32. The van der Waals surface area contributed by atoms with E-state index in [1.54, 1.807) is 7.11 Å². The second-order valence-corrected chi connectivity index (χ2v) is 5.56. The number of likely N-dealkylation sites (N-methyl/N-ethyl adjacent to an activating group) is 1. The minimum Gasteiger partial charge on any atom is -0.496 e. The van der Waals surface area contributed by atoms with Gasteiger partial charge in [-0.3, -0.25) is 0 Å². The first-order chi connectivity index (χ1) is 10.2. The molecule has 2 aromatic rings. The molecule has 1 aromatic carbocycles. The van der Waals surface area contributed by atoms with Crippen LogP contribution >= 0.6 is 15.9 Å². The van der Waals surface area contributed by atoms with Gasteiger partial charge >= 0.3 is 0 Å². The Kier molecular flexibility index (Phi) is 5.56. The van der Waals surface area contributed by atoms with Crippen LogP contribution in [0.5, 0.6) is 5.75 Å². The average Bonchev–Trinajstić information content (AvgIpc) is 2.54. The van der Waals surface area contributed by atoms with Gasteiger partial charge in [0.05, 0.1) is 7.11 Å². The molecule has 0 spiro atoms. The molecule has 1 aromatic heterocycles. The van der Waals surface area contributed by atoms with E-state index in [0.29, 0.717) is 0 Å². The first kappa shape index (κ1) is 15.8. The molecule has 0 saturated heterocycles. The Bertz CT molecular complexity index is 574. The quantitative estimate of drug-likeness (QED) is 0.748. The van der Waals surface area contributed by atoms with Crippen LogP contribution in [0.1, 0.15) is 18.1 Å². The van der Waals surface area contributed by atoms with E-state index in [-0.39, 0.29) is 6.04 Å². The van der Waals surface area contributed by atoms with E-state index in [9.17, 15) is 0 Å². The van der Waals surface area contributed by atoms with Crippen molar-refractivity contribution in [2.75, 3.05) is 19.1 Å². The summed E-state index contributed by atoms with van der Waals surface area (Å²) in [4.78, 5) is 10.9.